The van der Waals surface area contributed by atoms with Crippen LogP contribution in [0.1, 0.15) is 10.6 Å². The Hall–Kier alpha value is -1.07. The molecule has 3 rings (SSSR count). The highest BCUT2D eigenvalue weighted by Crippen LogP contribution is 2.32. The Morgan fingerprint density at radius 2 is 2.38 bits per heavy atom. The first-order chi connectivity index (χ1) is 7.84. The highest BCUT2D eigenvalue weighted by atomic mass is 32.2. The topological polar surface area (TPSA) is 38.4 Å². The zero-order chi connectivity index (χ0) is 11.0. The molecular formula is C11H10N2OS2. The van der Waals surface area contributed by atoms with Crippen molar-refractivity contribution in [3.63, 3.8) is 0 Å². The van der Waals surface area contributed by atoms with Gasteiger partial charge in [0.15, 0.2) is 10.8 Å². The van der Waals surface area contributed by atoms with E-state index in [-0.39, 0.29) is 0 Å². The second kappa shape index (κ2) is 4.07. The van der Waals surface area contributed by atoms with Gasteiger partial charge in [0, 0.05) is 12.3 Å². The summed E-state index contributed by atoms with van der Waals surface area (Å²) in [5, 5.41) is 2.07. The molecule has 0 N–H and O–H groups in total. The van der Waals surface area contributed by atoms with E-state index in [1.54, 1.807) is 17.6 Å². The molecule has 2 aromatic rings. The molecule has 0 amide bonds. The lowest BCUT2D eigenvalue weighted by Gasteiger charge is -1.93. The molecule has 16 heavy (non-hydrogen) atoms. The number of thioether (sulfide) groups is 1. The predicted octanol–water partition coefficient (Wildman–Crippen LogP) is 3.20. The average Bonchev–Trinajstić information content (AvgIpc) is 2.97. The molecule has 0 unspecified atom stereocenters. The second-order valence-electron chi connectivity index (χ2n) is 3.45. The lowest BCUT2D eigenvalue weighted by atomic mass is 10.4. The van der Waals surface area contributed by atoms with Crippen molar-refractivity contribution in [2.75, 3.05) is 12.3 Å². The Morgan fingerprint density at radius 3 is 3.06 bits per heavy atom. The van der Waals surface area contributed by atoms with Crippen LogP contribution in [0.15, 0.2) is 27.8 Å². The Morgan fingerprint density at radius 1 is 1.44 bits per heavy atom. The molecule has 0 spiro atoms. The molecule has 3 nitrogen and oxygen atoms in total. The van der Waals surface area contributed by atoms with Crippen molar-refractivity contribution in [2.45, 2.75) is 6.92 Å². The van der Waals surface area contributed by atoms with Crippen molar-refractivity contribution in [1.82, 2.24) is 4.98 Å². The number of aliphatic imine (C=N–C) groups is 1. The third-order valence-electron chi connectivity index (χ3n) is 2.31. The maximum atomic E-state index is 5.35. The quantitative estimate of drug-likeness (QED) is 0.821. The number of furan rings is 1. The van der Waals surface area contributed by atoms with Gasteiger partial charge in [0.05, 0.1) is 16.8 Å². The van der Waals surface area contributed by atoms with Gasteiger partial charge >= 0.3 is 0 Å². The van der Waals surface area contributed by atoms with Crippen LogP contribution in [-0.4, -0.2) is 22.3 Å². The second-order valence-corrected chi connectivity index (χ2v) is 5.53. The first-order valence-electron chi connectivity index (χ1n) is 5.03. The molecular weight excluding hydrogens is 240 g/mol. The van der Waals surface area contributed by atoms with Crippen LogP contribution < -0.4 is 0 Å². The normalized spacial score (nSPS) is 15.4. The Bertz CT molecular complexity index is 528. The van der Waals surface area contributed by atoms with E-state index in [1.807, 2.05) is 30.8 Å². The molecule has 1 aliphatic rings. The van der Waals surface area contributed by atoms with Crippen molar-refractivity contribution in [3.8, 4) is 10.8 Å². The fraction of sp³-hybridized carbons (Fsp3) is 0.273. The zero-order valence-electron chi connectivity index (χ0n) is 8.77. The van der Waals surface area contributed by atoms with Gasteiger partial charge in [0.1, 0.15) is 5.04 Å². The van der Waals surface area contributed by atoms with Gasteiger partial charge in [-0.25, -0.2) is 4.98 Å². The van der Waals surface area contributed by atoms with Crippen molar-refractivity contribution < 1.29 is 4.42 Å². The minimum atomic E-state index is 0.836. The van der Waals surface area contributed by atoms with Crippen LogP contribution in [0.4, 0.5) is 0 Å². The lowest BCUT2D eigenvalue weighted by Crippen LogP contribution is -1.90. The summed E-state index contributed by atoms with van der Waals surface area (Å²) in [7, 11) is 0. The number of nitrogens with zero attached hydrogens (tertiary/aromatic N) is 2. The average molecular weight is 250 g/mol. The summed E-state index contributed by atoms with van der Waals surface area (Å²) in [6.07, 6.45) is 1.67. The SMILES string of the molecule is Cc1nc(-c2ccco2)sc1C1=NCCS1. The van der Waals surface area contributed by atoms with Crippen LogP contribution in [0, 0.1) is 6.92 Å². The number of hydrogen-bond donors (Lipinski definition) is 0. The minimum Gasteiger partial charge on any atom is -0.462 e. The number of rotatable bonds is 2. The third kappa shape index (κ3) is 1.70. The van der Waals surface area contributed by atoms with Gasteiger partial charge < -0.3 is 4.42 Å². The van der Waals surface area contributed by atoms with Crippen molar-refractivity contribution in [2.24, 2.45) is 4.99 Å². The summed E-state index contributed by atoms with van der Waals surface area (Å²) in [4.78, 5) is 10.2. The van der Waals surface area contributed by atoms with Gasteiger partial charge in [-0.2, -0.15) is 0 Å². The predicted molar refractivity (Wildman–Crippen MR) is 68.4 cm³/mol. The molecule has 0 atom stereocenters. The number of hydrogen-bond acceptors (Lipinski definition) is 5. The monoisotopic (exact) mass is 250 g/mol. The Labute approximate surface area is 102 Å². The number of thiazole rings is 1. The number of aryl methyl sites for hydroxylation is 1. The van der Waals surface area contributed by atoms with Crippen LogP contribution in [0.5, 0.6) is 0 Å². The van der Waals surface area contributed by atoms with E-state index in [2.05, 4.69) is 9.98 Å². The molecule has 1 aliphatic heterocycles. The molecule has 0 aromatic carbocycles. The van der Waals surface area contributed by atoms with E-state index >= 15 is 0 Å². The molecule has 3 heterocycles. The standard InChI is InChI=1S/C11H10N2OS2/c1-7-9(11-12-4-6-15-11)16-10(13-7)8-3-2-5-14-8/h2-3,5H,4,6H2,1H3. The van der Waals surface area contributed by atoms with Gasteiger partial charge in [-0.1, -0.05) is 0 Å². The van der Waals surface area contributed by atoms with Gasteiger partial charge in [-0.3, -0.25) is 4.99 Å². The van der Waals surface area contributed by atoms with Crippen LogP contribution in [0.3, 0.4) is 0 Å². The lowest BCUT2D eigenvalue weighted by molar-refractivity contribution is 0.581. The molecule has 0 bridgehead atoms. The Kier molecular flexibility index (Phi) is 2.57. The fourth-order valence-electron chi connectivity index (χ4n) is 1.57. The maximum absolute atomic E-state index is 5.35. The molecule has 0 fully saturated rings. The molecule has 0 radical (unpaired) electrons. The molecule has 0 saturated heterocycles. The summed E-state index contributed by atoms with van der Waals surface area (Å²) in [5.74, 6) is 1.92. The summed E-state index contributed by atoms with van der Waals surface area (Å²) in [5.41, 5.74) is 1.05. The molecule has 82 valence electrons. The number of aromatic nitrogens is 1. The van der Waals surface area contributed by atoms with Gasteiger partial charge in [-0.15, -0.1) is 23.1 Å². The summed E-state index contributed by atoms with van der Waals surface area (Å²) >= 11 is 3.47. The van der Waals surface area contributed by atoms with Gasteiger partial charge in [0.2, 0.25) is 0 Å². The zero-order valence-corrected chi connectivity index (χ0v) is 10.4. The molecule has 0 aliphatic carbocycles. The Balaban J connectivity index is 2.02. The summed E-state index contributed by atoms with van der Waals surface area (Å²) < 4.78 is 5.35. The van der Waals surface area contributed by atoms with E-state index in [1.165, 1.54) is 4.88 Å². The van der Waals surface area contributed by atoms with Crippen molar-refractivity contribution in [1.29, 1.82) is 0 Å². The van der Waals surface area contributed by atoms with Crippen LogP contribution >= 0.6 is 23.1 Å². The van der Waals surface area contributed by atoms with E-state index in [9.17, 15) is 0 Å². The summed E-state index contributed by atoms with van der Waals surface area (Å²) in [6.45, 7) is 2.95. The van der Waals surface area contributed by atoms with Gasteiger partial charge in [-0.05, 0) is 19.1 Å². The molecule has 0 saturated carbocycles. The van der Waals surface area contributed by atoms with Crippen molar-refractivity contribution in [3.05, 3.63) is 29.0 Å². The third-order valence-corrected chi connectivity index (χ3v) is 4.61. The molecule has 5 heteroatoms. The smallest absolute Gasteiger partial charge is 0.162 e. The van der Waals surface area contributed by atoms with Crippen molar-refractivity contribution >= 4 is 28.1 Å². The van der Waals surface area contributed by atoms with E-state index < -0.39 is 0 Å². The van der Waals surface area contributed by atoms with Gasteiger partial charge in [0.25, 0.3) is 0 Å². The fourth-order valence-corrected chi connectivity index (χ4v) is 3.65. The maximum Gasteiger partial charge on any atom is 0.162 e. The highest BCUT2D eigenvalue weighted by molar-refractivity contribution is 8.15. The minimum absolute atomic E-state index is 0.836. The van der Waals surface area contributed by atoms with E-state index in [0.717, 1.165) is 33.8 Å². The first-order valence-corrected chi connectivity index (χ1v) is 6.84. The summed E-state index contributed by atoms with van der Waals surface area (Å²) in [6, 6.07) is 3.82. The van der Waals surface area contributed by atoms with Crippen LogP contribution in [0.2, 0.25) is 0 Å². The molecule has 2 aromatic heterocycles. The van der Waals surface area contributed by atoms with Crippen LogP contribution in [-0.2, 0) is 0 Å². The van der Waals surface area contributed by atoms with E-state index in [0.29, 0.717) is 0 Å². The largest absolute Gasteiger partial charge is 0.462 e. The highest BCUT2D eigenvalue weighted by Gasteiger charge is 2.18. The van der Waals surface area contributed by atoms with E-state index in [4.69, 9.17) is 4.42 Å². The van der Waals surface area contributed by atoms with Crippen LogP contribution in [0.25, 0.3) is 10.8 Å². The first kappa shape index (κ1) is 10.1.